The molecule has 0 bridgehead atoms. The first-order valence-electron chi connectivity index (χ1n) is 22.2. The van der Waals surface area contributed by atoms with Crippen LogP contribution < -0.4 is 21.3 Å². The van der Waals surface area contributed by atoms with Crippen LogP contribution in [0.25, 0.3) is 0 Å². The average Bonchev–Trinajstić information content (AvgIpc) is 3.86. The number of esters is 1. The molecule has 0 saturated carbocycles. The first-order valence-corrected chi connectivity index (χ1v) is 23.1. The lowest BCUT2D eigenvalue weighted by Gasteiger charge is -2.40. The predicted octanol–water partition coefficient (Wildman–Crippen LogP) is 8.05. The Labute approximate surface area is 367 Å². The molecule has 6 atom stereocenters. The second-order valence-electron chi connectivity index (χ2n) is 18.4. The molecule has 0 spiro atoms. The topological polar surface area (TPSA) is 179 Å². The number of hydrogen-bond acceptors (Lipinski definition) is 10. The Morgan fingerprint density at radius 3 is 2.33 bits per heavy atom. The average molecular weight is 873 g/mol. The molecule has 1 aromatic carbocycles. The Balaban J connectivity index is 1.95. The van der Waals surface area contributed by atoms with E-state index in [1.807, 2.05) is 53.4 Å². The summed E-state index contributed by atoms with van der Waals surface area (Å²) >= 11 is 1.15. The summed E-state index contributed by atoms with van der Waals surface area (Å²) in [7, 11) is 0. The van der Waals surface area contributed by atoms with Gasteiger partial charge in [0.1, 0.15) is 22.6 Å². The van der Waals surface area contributed by atoms with E-state index in [0.717, 1.165) is 50.0 Å². The Hall–Kier alpha value is -4.11. The number of aliphatic carboxylic acids is 1. The first-order chi connectivity index (χ1) is 28.6. The van der Waals surface area contributed by atoms with E-state index in [9.17, 15) is 29.1 Å². The van der Waals surface area contributed by atoms with Crippen molar-refractivity contribution in [2.45, 2.75) is 176 Å². The third-order valence-corrected chi connectivity index (χ3v) is 12.7. The van der Waals surface area contributed by atoms with Crippen molar-refractivity contribution in [3.8, 4) is 0 Å². The smallest absolute Gasteiger partial charge is 0.309 e. The van der Waals surface area contributed by atoms with Gasteiger partial charge in [-0.25, -0.2) is 9.37 Å². The van der Waals surface area contributed by atoms with Gasteiger partial charge in [-0.1, -0.05) is 66.4 Å². The zero-order valence-electron chi connectivity index (χ0n) is 38.4. The van der Waals surface area contributed by atoms with Crippen molar-refractivity contribution in [3.05, 3.63) is 45.7 Å². The van der Waals surface area contributed by atoms with E-state index in [0.29, 0.717) is 35.6 Å². The summed E-state index contributed by atoms with van der Waals surface area (Å²) in [5.74, 6) is -3.20. The fraction of sp³-hybridized carbons (Fsp3) is 0.696. The molecule has 1 aliphatic rings. The molecule has 3 amide bonds. The number of thiazole rings is 1. The SMILES string of the molecule is CCCCCCN(C(=O)[C@@H](NC(=O)[C@@]1(C)CCCN1)[C@@H](C)CC)[C@H](C[C@@H](OC(C)=O)c1nc(C(=O)N[C@@H](Cc2ccc(NC(C)C)c(F)c2)CC(C)(C)C(=O)O)cs1)C(C)C. The maximum atomic E-state index is 15.0. The van der Waals surface area contributed by atoms with Crippen LogP contribution in [0.1, 0.15) is 161 Å². The number of amides is 3. The van der Waals surface area contributed by atoms with E-state index in [1.54, 1.807) is 31.4 Å². The summed E-state index contributed by atoms with van der Waals surface area (Å²) in [4.78, 5) is 73.8. The number of nitrogens with zero attached hydrogens (tertiary/aromatic N) is 2. The number of ether oxygens (including phenoxy) is 1. The number of hydrogen-bond donors (Lipinski definition) is 5. The molecule has 342 valence electrons. The van der Waals surface area contributed by atoms with Crippen LogP contribution in [0.3, 0.4) is 0 Å². The fourth-order valence-electron chi connectivity index (χ4n) is 7.85. The highest BCUT2D eigenvalue weighted by Crippen LogP contribution is 2.33. The second kappa shape index (κ2) is 23.4. The van der Waals surface area contributed by atoms with Gasteiger partial charge in [0.05, 0.1) is 16.6 Å². The minimum atomic E-state index is -1.21. The van der Waals surface area contributed by atoms with E-state index < -0.39 is 58.8 Å². The van der Waals surface area contributed by atoms with Gasteiger partial charge in [0.15, 0.2) is 6.10 Å². The van der Waals surface area contributed by atoms with Crippen LogP contribution in [-0.2, 0) is 30.3 Å². The number of carbonyl (C=O) groups excluding carboxylic acids is 4. The Bertz CT molecular complexity index is 1780. The lowest BCUT2D eigenvalue weighted by molar-refractivity contribution is -0.150. The van der Waals surface area contributed by atoms with Crippen molar-refractivity contribution >= 4 is 46.7 Å². The highest BCUT2D eigenvalue weighted by molar-refractivity contribution is 7.09. The number of halogens is 1. The van der Waals surface area contributed by atoms with Crippen LogP contribution in [0.15, 0.2) is 23.6 Å². The quantitative estimate of drug-likeness (QED) is 0.0484. The molecule has 2 heterocycles. The van der Waals surface area contributed by atoms with Gasteiger partial charge < -0.3 is 36.0 Å². The largest absolute Gasteiger partial charge is 0.481 e. The molecule has 5 N–H and O–H groups in total. The van der Waals surface area contributed by atoms with Crippen molar-refractivity contribution in [3.63, 3.8) is 0 Å². The van der Waals surface area contributed by atoms with Gasteiger partial charge in [0.2, 0.25) is 11.8 Å². The molecule has 1 fully saturated rings. The van der Waals surface area contributed by atoms with E-state index in [4.69, 9.17) is 4.74 Å². The Kier molecular flexibility index (Phi) is 19.6. The maximum absolute atomic E-state index is 15.0. The number of carboxylic acids is 1. The molecule has 0 aliphatic carbocycles. The first kappa shape index (κ1) is 51.2. The number of unbranched alkanes of at least 4 members (excludes halogenated alkanes) is 3. The van der Waals surface area contributed by atoms with Crippen molar-refractivity contribution in [1.82, 2.24) is 25.8 Å². The van der Waals surface area contributed by atoms with Gasteiger partial charge in [-0.15, -0.1) is 11.3 Å². The van der Waals surface area contributed by atoms with Crippen molar-refractivity contribution in [1.29, 1.82) is 0 Å². The Morgan fingerprint density at radius 2 is 1.77 bits per heavy atom. The number of rotatable bonds is 25. The van der Waals surface area contributed by atoms with Crippen LogP contribution >= 0.6 is 11.3 Å². The number of aromatic nitrogens is 1. The standard InChI is InChI=1S/C46H73FN6O7S/c1-12-14-15-16-22-53(42(56)39(30(7)13-2)52-43(57)46(11)20-17-21-48-46)37(28(3)4)25-38(60-31(8)54)41-51-36(27-61-41)40(55)50-33(26-45(9,10)44(58)59)23-32-18-19-35(34(47)24-32)49-29(5)6/h18-19,24,27-30,33,37-39,48-49H,12-17,20-23,25-26H2,1-11H3,(H,50,55)(H,52,57)(H,58,59)/t30-,33-,37+,38+,39-,46+/m0/s1. The van der Waals surface area contributed by atoms with Crippen LogP contribution in [0.4, 0.5) is 10.1 Å². The summed E-state index contributed by atoms with van der Waals surface area (Å²) in [6, 6.07) is 2.90. The lowest BCUT2D eigenvalue weighted by atomic mass is 9.84. The summed E-state index contributed by atoms with van der Waals surface area (Å²) in [5, 5.41) is 24.3. The minimum absolute atomic E-state index is 0.0180. The highest BCUT2D eigenvalue weighted by Gasteiger charge is 2.42. The number of benzene rings is 1. The number of carboxylic acid groups (broad SMARTS) is 1. The molecule has 13 nitrogen and oxygen atoms in total. The molecule has 2 aromatic rings. The van der Waals surface area contributed by atoms with Gasteiger partial charge in [-0.3, -0.25) is 24.0 Å². The van der Waals surface area contributed by atoms with Gasteiger partial charge in [0.25, 0.3) is 5.91 Å². The van der Waals surface area contributed by atoms with E-state index >= 15 is 4.39 Å². The second-order valence-corrected chi connectivity index (χ2v) is 19.3. The normalized spacial score (nSPS) is 17.9. The van der Waals surface area contributed by atoms with Crippen molar-refractivity contribution < 1.29 is 38.2 Å². The zero-order valence-corrected chi connectivity index (χ0v) is 39.2. The van der Waals surface area contributed by atoms with E-state index in [1.165, 1.54) is 13.0 Å². The van der Waals surface area contributed by atoms with Gasteiger partial charge >= 0.3 is 11.9 Å². The molecular weight excluding hydrogens is 800 g/mol. The third kappa shape index (κ3) is 15.0. The summed E-state index contributed by atoms with van der Waals surface area (Å²) in [6.45, 7) is 21.5. The third-order valence-electron chi connectivity index (χ3n) is 11.8. The fourth-order valence-corrected chi connectivity index (χ4v) is 8.69. The molecular formula is C46H73FN6O7S. The number of carbonyl (C=O) groups is 5. The van der Waals surface area contributed by atoms with Gasteiger partial charge in [-0.2, -0.15) is 0 Å². The molecule has 1 saturated heterocycles. The van der Waals surface area contributed by atoms with Crippen molar-refractivity contribution in [2.24, 2.45) is 17.3 Å². The Morgan fingerprint density at radius 1 is 1.07 bits per heavy atom. The monoisotopic (exact) mass is 873 g/mol. The van der Waals surface area contributed by atoms with Crippen LogP contribution in [0, 0.1) is 23.1 Å². The molecule has 1 aromatic heterocycles. The summed E-state index contributed by atoms with van der Waals surface area (Å²) in [6.07, 6.45) is 5.46. The molecule has 1 aliphatic heterocycles. The number of anilines is 1. The van der Waals surface area contributed by atoms with Gasteiger partial charge in [0, 0.05) is 43.4 Å². The zero-order chi connectivity index (χ0) is 45.7. The van der Waals surface area contributed by atoms with Crippen LogP contribution in [0.5, 0.6) is 0 Å². The van der Waals surface area contributed by atoms with Crippen LogP contribution in [0.2, 0.25) is 0 Å². The molecule has 3 rings (SSSR count). The molecule has 61 heavy (non-hydrogen) atoms. The minimum Gasteiger partial charge on any atom is -0.481 e. The lowest BCUT2D eigenvalue weighted by Crippen LogP contribution is -2.60. The molecule has 15 heteroatoms. The van der Waals surface area contributed by atoms with E-state index in [2.05, 4.69) is 33.2 Å². The molecule has 0 unspecified atom stereocenters. The highest BCUT2D eigenvalue weighted by atomic mass is 32.1. The number of nitrogens with one attached hydrogen (secondary N) is 4. The predicted molar refractivity (Wildman–Crippen MR) is 239 cm³/mol. The van der Waals surface area contributed by atoms with E-state index in [-0.39, 0.29) is 54.6 Å². The maximum Gasteiger partial charge on any atom is 0.309 e. The van der Waals surface area contributed by atoms with Gasteiger partial charge in [-0.05, 0) is 103 Å². The molecule has 0 radical (unpaired) electrons. The van der Waals surface area contributed by atoms with Crippen LogP contribution in [-0.4, -0.2) is 87.4 Å². The summed E-state index contributed by atoms with van der Waals surface area (Å²) in [5.41, 5.74) is -0.984. The van der Waals surface area contributed by atoms with Crippen molar-refractivity contribution in [2.75, 3.05) is 18.4 Å². The summed E-state index contributed by atoms with van der Waals surface area (Å²) < 4.78 is 20.9.